The quantitative estimate of drug-likeness (QED) is 0.175. The Kier molecular flexibility index (Phi) is 6.81. The average molecular weight is 499 g/mol. The molecule has 0 aliphatic carbocycles. The largest absolute Gasteiger partial charge is 0.493 e. The van der Waals surface area contributed by atoms with E-state index in [0.29, 0.717) is 27.6 Å². The summed E-state index contributed by atoms with van der Waals surface area (Å²) in [4.78, 5) is 26.8. The second-order valence-corrected chi connectivity index (χ2v) is 7.94. The molecule has 1 aliphatic heterocycles. The van der Waals surface area contributed by atoms with E-state index in [1.807, 2.05) is 12.1 Å². The lowest BCUT2D eigenvalue weighted by atomic mass is 10.1. The number of rotatable bonds is 7. The molecule has 1 aliphatic rings. The number of carbonyl (C=O) groups excluding carboxylic acids is 1. The molecule has 0 aromatic heterocycles. The van der Waals surface area contributed by atoms with Crippen molar-refractivity contribution >= 4 is 46.8 Å². The molecule has 34 heavy (non-hydrogen) atoms. The van der Waals surface area contributed by atoms with Crippen molar-refractivity contribution in [2.75, 3.05) is 7.11 Å². The van der Waals surface area contributed by atoms with Crippen molar-refractivity contribution in [2.45, 2.75) is 6.61 Å². The number of nitrogens with zero attached hydrogens (tertiary/aromatic N) is 2. The van der Waals surface area contributed by atoms with Gasteiger partial charge in [-0.15, -0.1) is 0 Å². The Labute approximate surface area is 204 Å². The van der Waals surface area contributed by atoms with E-state index in [1.165, 1.54) is 37.5 Å². The number of benzene rings is 3. The standard InChI is InChI=1S/C24H16Cl2N2O6/c1-32-21-12-15(10-19(26)22(21)33-13-14-3-2-4-17(25)9-14)11-20-24(29)34-23(27-20)16-5-7-18(8-6-16)28(30)31/h2-12H,13H2,1H3/b20-11-. The molecule has 0 fully saturated rings. The number of nitro groups is 1. The molecule has 0 N–H and O–H groups in total. The second-order valence-electron chi connectivity index (χ2n) is 7.09. The van der Waals surface area contributed by atoms with Gasteiger partial charge in [0.1, 0.15) is 6.61 Å². The molecule has 0 saturated carbocycles. The molecule has 0 bridgehead atoms. The van der Waals surface area contributed by atoms with E-state index in [4.69, 9.17) is 37.4 Å². The van der Waals surface area contributed by atoms with Crippen LogP contribution in [0.25, 0.3) is 6.08 Å². The summed E-state index contributed by atoms with van der Waals surface area (Å²) < 4.78 is 16.5. The van der Waals surface area contributed by atoms with Crippen molar-refractivity contribution in [3.63, 3.8) is 0 Å². The number of aliphatic imine (C=N–C) groups is 1. The van der Waals surface area contributed by atoms with Gasteiger partial charge in [0.05, 0.1) is 17.1 Å². The summed E-state index contributed by atoms with van der Waals surface area (Å²) in [7, 11) is 1.48. The number of nitro benzene ring substituents is 1. The van der Waals surface area contributed by atoms with Crippen molar-refractivity contribution in [3.8, 4) is 11.5 Å². The Morgan fingerprint density at radius 3 is 2.56 bits per heavy atom. The maximum atomic E-state index is 12.3. The number of hydrogen-bond acceptors (Lipinski definition) is 7. The fourth-order valence-corrected chi connectivity index (χ4v) is 3.65. The SMILES string of the molecule is COc1cc(/C=C2\N=C(c3ccc([N+](=O)[O-])cc3)OC2=O)cc(Cl)c1OCc1cccc(Cl)c1. The van der Waals surface area contributed by atoms with Gasteiger partial charge in [-0.25, -0.2) is 9.79 Å². The highest BCUT2D eigenvalue weighted by Gasteiger charge is 2.25. The highest BCUT2D eigenvalue weighted by Crippen LogP contribution is 2.38. The van der Waals surface area contributed by atoms with Crippen LogP contribution in [0.3, 0.4) is 0 Å². The number of carbonyl (C=O) groups is 1. The topological polar surface area (TPSA) is 100 Å². The highest BCUT2D eigenvalue weighted by molar-refractivity contribution is 6.32. The van der Waals surface area contributed by atoms with Crippen molar-refractivity contribution in [3.05, 3.63) is 103 Å². The second kappa shape index (κ2) is 9.94. The molecule has 10 heteroatoms. The van der Waals surface area contributed by atoms with Crippen LogP contribution in [-0.2, 0) is 16.1 Å². The van der Waals surface area contributed by atoms with Crippen LogP contribution >= 0.6 is 23.2 Å². The molecule has 3 aromatic rings. The van der Waals surface area contributed by atoms with Gasteiger partial charge in [0.2, 0.25) is 5.90 Å². The first-order valence-electron chi connectivity index (χ1n) is 9.86. The van der Waals surface area contributed by atoms with Crippen LogP contribution < -0.4 is 9.47 Å². The van der Waals surface area contributed by atoms with Gasteiger partial charge in [-0.05, 0) is 53.6 Å². The third-order valence-electron chi connectivity index (χ3n) is 4.77. The van der Waals surface area contributed by atoms with E-state index in [0.717, 1.165) is 5.56 Å². The summed E-state index contributed by atoms with van der Waals surface area (Å²) in [6.45, 7) is 0.228. The van der Waals surface area contributed by atoms with Gasteiger partial charge in [0.25, 0.3) is 5.69 Å². The lowest BCUT2D eigenvalue weighted by Crippen LogP contribution is -2.05. The maximum Gasteiger partial charge on any atom is 0.363 e. The summed E-state index contributed by atoms with van der Waals surface area (Å²) in [5.74, 6) is 0.0954. The number of cyclic esters (lactones) is 1. The van der Waals surface area contributed by atoms with Gasteiger partial charge < -0.3 is 14.2 Å². The van der Waals surface area contributed by atoms with Gasteiger partial charge in [0.15, 0.2) is 17.2 Å². The molecule has 0 saturated heterocycles. The molecule has 0 amide bonds. The minimum atomic E-state index is -0.662. The Morgan fingerprint density at radius 2 is 1.88 bits per heavy atom. The van der Waals surface area contributed by atoms with Crippen LogP contribution in [0.2, 0.25) is 10.0 Å². The summed E-state index contributed by atoms with van der Waals surface area (Å²) in [6, 6.07) is 16.0. The molecule has 0 spiro atoms. The Balaban J connectivity index is 1.57. The summed E-state index contributed by atoms with van der Waals surface area (Å²) in [5.41, 5.74) is 1.79. The number of hydrogen-bond donors (Lipinski definition) is 0. The number of ether oxygens (including phenoxy) is 3. The minimum Gasteiger partial charge on any atom is -0.493 e. The third kappa shape index (κ3) is 5.19. The van der Waals surface area contributed by atoms with E-state index in [1.54, 1.807) is 24.3 Å². The van der Waals surface area contributed by atoms with Crippen LogP contribution in [0.15, 0.2) is 71.4 Å². The fourth-order valence-electron chi connectivity index (χ4n) is 3.16. The van der Waals surface area contributed by atoms with Crippen LogP contribution in [0.4, 0.5) is 5.69 Å². The van der Waals surface area contributed by atoms with Gasteiger partial charge >= 0.3 is 5.97 Å². The zero-order valence-electron chi connectivity index (χ0n) is 17.7. The van der Waals surface area contributed by atoms with Gasteiger partial charge in [-0.1, -0.05) is 35.3 Å². The van der Waals surface area contributed by atoms with Crippen LogP contribution in [0.1, 0.15) is 16.7 Å². The first-order chi connectivity index (χ1) is 16.3. The molecule has 4 rings (SSSR count). The summed E-state index contributed by atoms with van der Waals surface area (Å²) >= 11 is 12.4. The molecule has 172 valence electrons. The number of non-ortho nitro benzene ring substituents is 1. The van der Waals surface area contributed by atoms with E-state index in [-0.39, 0.29) is 28.9 Å². The Hall–Kier alpha value is -3.88. The summed E-state index contributed by atoms with van der Waals surface area (Å²) in [5, 5.41) is 11.7. The van der Waals surface area contributed by atoms with E-state index < -0.39 is 10.9 Å². The first kappa shape index (κ1) is 23.3. The van der Waals surface area contributed by atoms with E-state index in [9.17, 15) is 14.9 Å². The molecule has 0 radical (unpaired) electrons. The maximum absolute atomic E-state index is 12.3. The summed E-state index contributed by atoms with van der Waals surface area (Å²) in [6.07, 6.45) is 1.50. The highest BCUT2D eigenvalue weighted by atomic mass is 35.5. The van der Waals surface area contributed by atoms with Crippen molar-refractivity contribution in [1.82, 2.24) is 0 Å². The molecule has 8 nitrogen and oxygen atoms in total. The third-order valence-corrected chi connectivity index (χ3v) is 5.29. The van der Waals surface area contributed by atoms with E-state index in [2.05, 4.69) is 4.99 Å². The van der Waals surface area contributed by atoms with Gasteiger partial charge in [-0.2, -0.15) is 0 Å². The molecule has 1 heterocycles. The first-order valence-corrected chi connectivity index (χ1v) is 10.6. The van der Waals surface area contributed by atoms with Crippen molar-refractivity contribution < 1.29 is 23.9 Å². The molecular weight excluding hydrogens is 483 g/mol. The minimum absolute atomic E-state index is 0.0408. The lowest BCUT2D eigenvalue weighted by molar-refractivity contribution is -0.384. The van der Waals surface area contributed by atoms with Crippen molar-refractivity contribution in [2.24, 2.45) is 4.99 Å². The van der Waals surface area contributed by atoms with Gasteiger partial charge in [0, 0.05) is 22.7 Å². The van der Waals surface area contributed by atoms with Crippen LogP contribution in [-0.4, -0.2) is 23.9 Å². The van der Waals surface area contributed by atoms with Crippen molar-refractivity contribution in [1.29, 1.82) is 0 Å². The molecular formula is C24H16Cl2N2O6. The smallest absolute Gasteiger partial charge is 0.363 e. The number of esters is 1. The molecule has 3 aromatic carbocycles. The predicted molar refractivity (Wildman–Crippen MR) is 127 cm³/mol. The zero-order valence-corrected chi connectivity index (χ0v) is 19.2. The van der Waals surface area contributed by atoms with E-state index >= 15 is 0 Å². The molecule has 0 atom stereocenters. The normalized spacial score (nSPS) is 14.0. The fraction of sp³-hybridized carbons (Fsp3) is 0.0833. The van der Waals surface area contributed by atoms with Gasteiger partial charge in [-0.3, -0.25) is 10.1 Å². The number of methoxy groups -OCH3 is 1. The lowest BCUT2D eigenvalue weighted by Gasteiger charge is -2.13. The predicted octanol–water partition coefficient (Wildman–Crippen LogP) is 5.83. The van der Waals surface area contributed by atoms with Crippen LogP contribution in [0.5, 0.6) is 11.5 Å². The van der Waals surface area contributed by atoms with Crippen LogP contribution in [0, 0.1) is 10.1 Å². The monoisotopic (exact) mass is 498 g/mol. The number of halogens is 2. The average Bonchev–Trinajstić information content (AvgIpc) is 3.18. The molecule has 0 unspecified atom stereocenters. The Morgan fingerprint density at radius 1 is 1.12 bits per heavy atom. The Bertz CT molecular complexity index is 1340. The zero-order chi connectivity index (χ0) is 24.2.